The lowest BCUT2D eigenvalue weighted by Crippen LogP contribution is -2.52. The fourth-order valence-electron chi connectivity index (χ4n) is 4.14. The lowest BCUT2D eigenvalue weighted by molar-refractivity contribution is 0.101. The third-order valence-electron chi connectivity index (χ3n) is 5.44. The van der Waals surface area contributed by atoms with Gasteiger partial charge in [-0.05, 0) is 37.2 Å². The Kier molecular flexibility index (Phi) is 4.97. The van der Waals surface area contributed by atoms with Crippen LogP contribution < -0.4 is 5.32 Å². The zero-order valence-corrected chi connectivity index (χ0v) is 13.6. The molecule has 1 saturated carbocycles. The smallest absolute Gasteiger partial charge is 0.0449 e. The van der Waals surface area contributed by atoms with Crippen LogP contribution >= 0.6 is 0 Å². The standard InChI is InChI=1S/C19H30N2/c1-15-7-6-8-17(11-15)13-21-14-19(20-12-16(21)2)18-9-4-3-5-10-18/h3-5,9-10,15-17,19-20H,6-8,11-14H2,1-2H3. The molecule has 2 nitrogen and oxygen atoms in total. The average molecular weight is 286 g/mol. The van der Waals surface area contributed by atoms with Gasteiger partial charge < -0.3 is 5.32 Å². The quantitative estimate of drug-likeness (QED) is 0.908. The van der Waals surface area contributed by atoms with Crippen LogP contribution in [0.3, 0.4) is 0 Å². The van der Waals surface area contributed by atoms with E-state index in [2.05, 4.69) is 54.4 Å². The van der Waals surface area contributed by atoms with Crippen LogP contribution in [0.15, 0.2) is 30.3 Å². The van der Waals surface area contributed by atoms with Gasteiger partial charge in [-0.3, -0.25) is 4.90 Å². The van der Waals surface area contributed by atoms with Crippen molar-refractivity contribution in [3.8, 4) is 0 Å². The van der Waals surface area contributed by atoms with E-state index in [1.54, 1.807) is 0 Å². The molecule has 1 heterocycles. The molecule has 4 atom stereocenters. The van der Waals surface area contributed by atoms with Crippen molar-refractivity contribution in [1.82, 2.24) is 10.2 Å². The van der Waals surface area contributed by atoms with Gasteiger partial charge in [0.05, 0.1) is 0 Å². The summed E-state index contributed by atoms with van der Waals surface area (Å²) < 4.78 is 0. The SMILES string of the molecule is CC1CCCC(CN2CC(c3ccccc3)NCC2C)C1. The predicted octanol–water partition coefficient (Wildman–Crippen LogP) is 3.85. The monoisotopic (exact) mass is 286 g/mol. The number of piperazine rings is 1. The molecule has 1 N–H and O–H groups in total. The normalized spacial score (nSPS) is 34.8. The molecule has 3 rings (SSSR count). The van der Waals surface area contributed by atoms with Crippen molar-refractivity contribution < 1.29 is 0 Å². The van der Waals surface area contributed by atoms with Gasteiger partial charge in [-0.25, -0.2) is 0 Å². The van der Waals surface area contributed by atoms with Crippen LogP contribution in [0.1, 0.15) is 51.1 Å². The van der Waals surface area contributed by atoms with Crippen LogP contribution in [0, 0.1) is 11.8 Å². The minimum atomic E-state index is 0.503. The Hall–Kier alpha value is -0.860. The van der Waals surface area contributed by atoms with Crippen LogP contribution in [-0.2, 0) is 0 Å². The Morgan fingerprint density at radius 3 is 2.71 bits per heavy atom. The highest BCUT2D eigenvalue weighted by Crippen LogP contribution is 2.30. The Balaban J connectivity index is 1.61. The van der Waals surface area contributed by atoms with Crippen LogP contribution in [0.5, 0.6) is 0 Å². The van der Waals surface area contributed by atoms with E-state index in [-0.39, 0.29) is 0 Å². The van der Waals surface area contributed by atoms with E-state index >= 15 is 0 Å². The van der Waals surface area contributed by atoms with Gasteiger partial charge in [0.2, 0.25) is 0 Å². The number of hydrogen-bond acceptors (Lipinski definition) is 2. The summed E-state index contributed by atoms with van der Waals surface area (Å²) in [5.41, 5.74) is 1.44. The number of nitrogens with one attached hydrogen (secondary N) is 1. The third-order valence-corrected chi connectivity index (χ3v) is 5.44. The molecule has 1 aliphatic heterocycles. The molecule has 0 spiro atoms. The summed E-state index contributed by atoms with van der Waals surface area (Å²) in [5, 5.41) is 3.72. The zero-order chi connectivity index (χ0) is 14.7. The van der Waals surface area contributed by atoms with Gasteiger partial charge in [-0.2, -0.15) is 0 Å². The predicted molar refractivity (Wildman–Crippen MR) is 89.3 cm³/mol. The van der Waals surface area contributed by atoms with Gasteiger partial charge in [-0.15, -0.1) is 0 Å². The molecule has 21 heavy (non-hydrogen) atoms. The van der Waals surface area contributed by atoms with E-state index in [1.165, 1.54) is 37.8 Å². The number of rotatable bonds is 3. The fourth-order valence-corrected chi connectivity index (χ4v) is 4.14. The molecule has 2 fully saturated rings. The van der Waals surface area contributed by atoms with E-state index in [1.807, 2.05) is 0 Å². The highest BCUT2D eigenvalue weighted by Gasteiger charge is 2.29. The van der Waals surface area contributed by atoms with Gasteiger partial charge in [-0.1, -0.05) is 50.1 Å². The summed E-state index contributed by atoms with van der Waals surface area (Å²) in [6.07, 6.45) is 5.76. The summed E-state index contributed by atoms with van der Waals surface area (Å²) in [5.74, 6) is 1.86. The highest BCUT2D eigenvalue weighted by molar-refractivity contribution is 5.20. The Morgan fingerprint density at radius 1 is 1.14 bits per heavy atom. The summed E-state index contributed by atoms with van der Waals surface area (Å²) >= 11 is 0. The second-order valence-electron chi connectivity index (χ2n) is 7.31. The Labute approximate surface area is 129 Å². The second-order valence-corrected chi connectivity index (χ2v) is 7.31. The maximum Gasteiger partial charge on any atom is 0.0449 e. The first-order valence-corrected chi connectivity index (χ1v) is 8.74. The zero-order valence-electron chi connectivity index (χ0n) is 13.6. The highest BCUT2D eigenvalue weighted by atomic mass is 15.2. The molecule has 1 aromatic rings. The molecule has 0 bridgehead atoms. The maximum absolute atomic E-state index is 3.72. The Morgan fingerprint density at radius 2 is 1.95 bits per heavy atom. The van der Waals surface area contributed by atoms with Crippen molar-refractivity contribution in [3.05, 3.63) is 35.9 Å². The van der Waals surface area contributed by atoms with E-state index < -0.39 is 0 Å². The number of nitrogens with zero attached hydrogens (tertiary/aromatic N) is 1. The number of hydrogen-bond donors (Lipinski definition) is 1. The maximum atomic E-state index is 3.72. The molecule has 0 aromatic heterocycles. The van der Waals surface area contributed by atoms with Crippen LogP contribution in [0.4, 0.5) is 0 Å². The Bertz CT molecular complexity index is 430. The first-order chi connectivity index (χ1) is 10.2. The van der Waals surface area contributed by atoms with E-state index in [4.69, 9.17) is 0 Å². The number of benzene rings is 1. The summed E-state index contributed by atoms with van der Waals surface area (Å²) in [4.78, 5) is 2.73. The van der Waals surface area contributed by atoms with Gasteiger partial charge in [0.15, 0.2) is 0 Å². The minimum absolute atomic E-state index is 0.503. The summed E-state index contributed by atoms with van der Waals surface area (Å²) in [7, 11) is 0. The lowest BCUT2D eigenvalue weighted by atomic mass is 9.82. The first kappa shape index (κ1) is 15.1. The van der Waals surface area contributed by atoms with Crippen molar-refractivity contribution in [1.29, 1.82) is 0 Å². The molecule has 116 valence electrons. The molecule has 4 unspecified atom stereocenters. The first-order valence-electron chi connectivity index (χ1n) is 8.74. The second kappa shape index (κ2) is 6.93. The molecule has 1 aromatic carbocycles. The molecule has 0 amide bonds. The molecule has 1 saturated heterocycles. The van der Waals surface area contributed by atoms with Crippen molar-refractivity contribution in [2.45, 2.75) is 51.6 Å². The van der Waals surface area contributed by atoms with E-state index in [9.17, 15) is 0 Å². The van der Waals surface area contributed by atoms with Crippen molar-refractivity contribution >= 4 is 0 Å². The van der Waals surface area contributed by atoms with Crippen LogP contribution in [0.25, 0.3) is 0 Å². The van der Waals surface area contributed by atoms with Crippen molar-refractivity contribution in [2.75, 3.05) is 19.6 Å². The molecule has 1 aliphatic carbocycles. The summed E-state index contributed by atoms with van der Waals surface area (Å²) in [6.45, 7) is 8.38. The van der Waals surface area contributed by atoms with Crippen molar-refractivity contribution in [3.63, 3.8) is 0 Å². The average Bonchev–Trinajstić information content (AvgIpc) is 2.50. The molecule has 2 aliphatic rings. The van der Waals surface area contributed by atoms with E-state index in [0.717, 1.165) is 24.9 Å². The van der Waals surface area contributed by atoms with Gasteiger partial charge in [0.1, 0.15) is 0 Å². The third kappa shape index (κ3) is 3.87. The van der Waals surface area contributed by atoms with E-state index in [0.29, 0.717) is 12.1 Å². The topological polar surface area (TPSA) is 15.3 Å². The molecular formula is C19H30N2. The minimum Gasteiger partial charge on any atom is -0.307 e. The lowest BCUT2D eigenvalue weighted by Gasteiger charge is -2.42. The van der Waals surface area contributed by atoms with Gasteiger partial charge in [0, 0.05) is 31.7 Å². The fraction of sp³-hybridized carbons (Fsp3) is 0.684. The largest absolute Gasteiger partial charge is 0.307 e. The van der Waals surface area contributed by atoms with Gasteiger partial charge >= 0.3 is 0 Å². The molecular weight excluding hydrogens is 256 g/mol. The summed E-state index contributed by atoms with van der Waals surface area (Å²) in [6, 6.07) is 12.1. The van der Waals surface area contributed by atoms with Gasteiger partial charge in [0.25, 0.3) is 0 Å². The molecule has 2 heteroatoms. The van der Waals surface area contributed by atoms with Crippen LogP contribution in [0.2, 0.25) is 0 Å². The van der Waals surface area contributed by atoms with Crippen molar-refractivity contribution in [2.24, 2.45) is 11.8 Å². The molecule has 0 radical (unpaired) electrons. The van der Waals surface area contributed by atoms with Crippen LogP contribution in [-0.4, -0.2) is 30.6 Å².